The second kappa shape index (κ2) is 6.20. The standard InChI is InChI=1S/C15H14ClF2NO/c1-9(11-4-2-3-5-12(11)16)19-8-10-6-13(17)15(20)14(18)7-10/h2-7,9,19-20H,8H2,1H3. The van der Waals surface area contributed by atoms with Crippen molar-refractivity contribution in [3.8, 4) is 5.75 Å². The Hall–Kier alpha value is -1.65. The van der Waals surface area contributed by atoms with Gasteiger partial charge >= 0.3 is 0 Å². The number of aromatic hydroxyl groups is 1. The van der Waals surface area contributed by atoms with Gasteiger partial charge in [0.1, 0.15) is 0 Å². The third-order valence-electron chi connectivity index (χ3n) is 3.06. The molecule has 0 amide bonds. The van der Waals surface area contributed by atoms with Crippen molar-refractivity contribution in [2.45, 2.75) is 19.5 Å². The molecule has 0 saturated heterocycles. The van der Waals surface area contributed by atoms with Gasteiger partial charge in [-0.3, -0.25) is 0 Å². The molecule has 0 saturated carbocycles. The van der Waals surface area contributed by atoms with E-state index in [4.69, 9.17) is 16.7 Å². The molecular formula is C15H14ClF2NO. The SMILES string of the molecule is CC(NCc1cc(F)c(O)c(F)c1)c1ccccc1Cl. The molecule has 1 unspecified atom stereocenters. The molecule has 20 heavy (non-hydrogen) atoms. The molecule has 2 aromatic carbocycles. The van der Waals surface area contributed by atoms with Crippen molar-refractivity contribution in [3.63, 3.8) is 0 Å². The van der Waals surface area contributed by atoms with E-state index in [0.717, 1.165) is 17.7 Å². The lowest BCUT2D eigenvalue weighted by molar-refractivity contribution is 0.394. The minimum absolute atomic E-state index is 0.0661. The highest BCUT2D eigenvalue weighted by atomic mass is 35.5. The van der Waals surface area contributed by atoms with Crippen LogP contribution in [0.25, 0.3) is 0 Å². The third kappa shape index (κ3) is 3.26. The monoisotopic (exact) mass is 297 g/mol. The van der Waals surface area contributed by atoms with Crippen molar-refractivity contribution >= 4 is 11.6 Å². The second-order valence-electron chi connectivity index (χ2n) is 4.53. The van der Waals surface area contributed by atoms with Crippen LogP contribution in [0.5, 0.6) is 5.75 Å². The molecule has 5 heteroatoms. The summed E-state index contributed by atoms with van der Waals surface area (Å²) in [6.45, 7) is 2.18. The Morgan fingerprint density at radius 2 is 1.80 bits per heavy atom. The highest BCUT2D eigenvalue weighted by Crippen LogP contribution is 2.24. The molecule has 0 aromatic heterocycles. The van der Waals surface area contributed by atoms with Crippen molar-refractivity contribution < 1.29 is 13.9 Å². The van der Waals surface area contributed by atoms with Gasteiger partial charge in [0.05, 0.1) is 0 Å². The number of phenols is 1. The summed E-state index contributed by atoms with van der Waals surface area (Å²) >= 11 is 6.08. The predicted molar refractivity (Wildman–Crippen MR) is 74.7 cm³/mol. The van der Waals surface area contributed by atoms with E-state index in [-0.39, 0.29) is 12.6 Å². The average molecular weight is 298 g/mol. The maximum atomic E-state index is 13.2. The van der Waals surface area contributed by atoms with Gasteiger partial charge in [-0.25, -0.2) is 8.78 Å². The lowest BCUT2D eigenvalue weighted by atomic mass is 10.1. The maximum absolute atomic E-state index is 13.2. The van der Waals surface area contributed by atoms with Crippen LogP contribution in [0.1, 0.15) is 24.1 Å². The Morgan fingerprint density at radius 1 is 1.20 bits per heavy atom. The Bertz CT molecular complexity index is 596. The summed E-state index contributed by atoms with van der Waals surface area (Å²) in [6, 6.07) is 9.52. The fraction of sp³-hybridized carbons (Fsp3) is 0.200. The summed E-state index contributed by atoms with van der Waals surface area (Å²) < 4.78 is 26.4. The molecular weight excluding hydrogens is 284 g/mol. The van der Waals surface area contributed by atoms with Gasteiger partial charge in [-0.1, -0.05) is 29.8 Å². The summed E-state index contributed by atoms with van der Waals surface area (Å²) in [5.41, 5.74) is 1.32. The van der Waals surface area contributed by atoms with Gasteiger partial charge < -0.3 is 10.4 Å². The summed E-state index contributed by atoms with van der Waals surface area (Å²) in [7, 11) is 0. The molecule has 0 aliphatic heterocycles. The van der Waals surface area contributed by atoms with Gasteiger partial charge in [0.2, 0.25) is 0 Å². The van der Waals surface area contributed by atoms with Crippen LogP contribution in [0.15, 0.2) is 36.4 Å². The van der Waals surface area contributed by atoms with Gasteiger partial charge in [0, 0.05) is 17.6 Å². The van der Waals surface area contributed by atoms with Crippen LogP contribution in [-0.4, -0.2) is 5.11 Å². The Labute approximate surface area is 121 Å². The Balaban J connectivity index is 2.07. The lowest BCUT2D eigenvalue weighted by Crippen LogP contribution is -2.18. The molecule has 2 nitrogen and oxygen atoms in total. The van der Waals surface area contributed by atoms with Crippen LogP contribution in [0.2, 0.25) is 5.02 Å². The van der Waals surface area contributed by atoms with Gasteiger partial charge in [0.25, 0.3) is 0 Å². The number of hydrogen-bond acceptors (Lipinski definition) is 2. The van der Waals surface area contributed by atoms with E-state index in [2.05, 4.69) is 5.32 Å². The quantitative estimate of drug-likeness (QED) is 0.887. The van der Waals surface area contributed by atoms with Gasteiger partial charge in [0.15, 0.2) is 17.4 Å². The summed E-state index contributed by atoms with van der Waals surface area (Å²) in [5, 5.41) is 12.8. The number of nitrogens with one attached hydrogen (secondary N) is 1. The van der Waals surface area contributed by atoms with Crippen LogP contribution in [-0.2, 0) is 6.54 Å². The number of benzene rings is 2. The molecule has 2 aromatic rings. The van der Waals surface area contributed by atoms with Crippen LogP contribution in [0.3, 0.4) is 0 Å². The zero-order chi connectivity index (χ0) is 14.7. The maximum Gasteiger partial charge on any atom is 0.187 e. The van der Waals surface area contributed by atoms with Crippen molar-refractivity contribution in [2.75, 3.05) is 0 Å². The second-order valence-corrected chi connectivity index (χ2v) is 4.94. The summed E-state index contributed by atoms with van der Waals surface area (Å²) in [5.74, 6) is -2.88. The zero-order valence-electron chi connectivity index (χ0n) is 10.8. The molecule has 0 radical (unpaired) electrons. The molecule has 1 atom stereocenters. The van der Waals surface area contributed by atoms with E-state index >= 15 is 0 Å². The number of rotatable bonds is 4. The fourth-order valence-electron chi connectivity index (χ4n) is 1.93. The van der Waals surface area contributed by atoms with E-state index in [0.29, 0.717) is 10.6 Å². The summed E-state index contributed by atoms with van der Waals surface area (Å²) in [6.07, 6.45) is 0. The molecule has 2 rings (SSSR count). The first kappa shape index (κ1) is 14.8. The lowest BCUT2D eigenvalue weighted by Gasteiger charge is -2.16. The first-order chi connectivity index (χ1) is 9.49. The largest absolute Gasteiger partial charge is 0.503 e. The molecule has 0 bridgehead atoms. The van der Waals surface area contributed by atoms with Crippen LogP contribution >= 0.6 is 11.6 Å². The Kier molecular flexibility index (Phi) is 4.57. The summed E-state index contributed by atoms with van der Waals surface area (Å²) in [4.78, 5) is 0. The first-order valence-corrected chi connectivity index (χ1v) is 6.51. The predicted octanol–water partition coefficient (Wildman–Crippen LogP) is 4.17. The van der Waals surface area contributed by atoms with E-state index in [1.165, 1.54) is 0 Å². The van der Waals surface area contributed by atoms with Crippen LogP contribution in [0, 0.1) is 11.6 Å². The molecule has 0 aliphatic rings. The molecule has 106 valence electrons. The van der Waals surface area contributed by atoms with Crippen molar-refractivity contribution in [1.82, 2.24) is 5.32 Å². The minimum Gasteiger partial charge on any atom is -0.503 e. The smallest absolute Gasteiger partial charge is 0.187 e. The first-order valence-electron chi connectivity index (χ1n) is 6.13. The molecule has 0 spiro atoms. The third-order valence-corrected chi connectivity index (χ3v) is 3.40. The van der Waals surface area contributed by atoms with E-state index in [9.17, 15) is 8.78 Å². The number of phenolic OH excluding ortho intramolecular Hbond substituents is 1. The number of halogens is 3. The molecule has 0 heterocycles. The molecule has 0 fully saturated rings. The highest BCUT2D eigenvalue weighted by Gasteiger charge is 2.12. The van der Waals surface area contributed by atoms with Crippen molar-refractivity contribution in [3.05, 3.63) is 64.2 Å². The van der Waals surface area contributed by atoms with E-state index in [1.54, 1.807) is 6.07 Å². The van der Waals surface area contributed by atoms with Crippen molar-refractivity contribution in [2.24, 2.45) is 0 Å². The minimum atomic E-state index is -0.966. The van der Waals surface area contributed by atoms with Crippen LogP contribution in [0.4, 0.5) is 8.78 Å². The van der Waals surface area contributed by atoms with E-state index < -0.39 is 17.4 Å². The van der Waals surface area contributed by atoms with Crippen LogP contribution < -0.4 is 5.32 Å². The normalized spacial score (nSPS) is 12.4. The molecule has 2 N–H and O–H groups in total. The highest BCUT2D eigenvalue weighted by molar-refractivity contribution is 6.31. The molecule has 0 aliphatic carbocycles. The fourth-order valence-corrected chi connectivity index (χ4v) is 2.23. The van der Waals surface area contributed by atoms with Crippen molar-refractivity contribution in [1.29, 1.82) is 0 Å². The van der Waals surface area contributed by atoms with Gasteiger partial charge in [-0.2, -0.15) is 0 Å². The zero-order valence-corrected chi connectivity index (χ0v) is 11.6. The topological polar surface area (TPSA) is 32.3 Å². The van der Waals surface area contributed by atoms with Gasteiger partial charge in [-0.15, -0.1) is 0 Å². The average Bonchev–Trinajstić information content (AvgIpc) is 2.42. The Morgan fingerprint density at radius 3 is 2.40 bits per heavy atom. The van der Waals surface area contributed by atoms with Gasteiger partial charge in [-0.05, 0) is 36.2 Å². The number of hydrogen-bond donors (Lipinski definition) is 2. The van der Waals surface area contributed by atoms with E-state index in [1.807, 2.05) is 25.1 Å².